The van der Waals surface area contributed by atoms with Crippen LogP contribution in [0.15, 0.2) is 23.3 Å². The van der Waals surface area contributed by atoms with Gasteiger partial charge in [-0.2, -0.15) is 0 Å². The average molecular weight is 377 g/mol. The first-order valence-corrected chi connectivity index (χ1v) is 10.8. The maximum atomic E-state index is 11.5. The number of carbonyl (C=O) groups is 1. The minimum Gasteiger partial charge on any atom is -0.461 e. The highest BCUT2D eigenvalue weighted by atomic mass is 16.5. The zero-order chi connectivity index (χ0) is 20.2. The van der Waals surface area contributed by atoms with E-state index >= 15 is 0 Å². The van der Waals surface area contributed by atoms with Gasteiger partial charge >= 0.3 is 5.97 Å². The fraction of sp³-hybridized carbons (Fsp3) is 0.792. The first-order chi connectivity index (χ1) is 12.6. The van der Waals surface area contributed by atoms with E-state index in [1.165, 1.54) is 19.3 Å². The summed E-state index contributed by atoms with van der Waals surface area (Å²) in [4.78, 5) is 11.5. The second kappa shape index (κ2) is 8.94. The third kappa shape index (κ3) is 4.85. The van der Waals surface area contributed by atoms with Gasteiger partial charge in [-0.1, -0.05) is 58.3 Å². The highest BCUT2D eigenvalue weighted by Gasteiger charge is 2.51. The predicted molar refractivity (Wildman–Crippen MR) is 111 cm³/mol. The van der Waals surface area contributed by atoms with E-state index < -0.39 is 0 Å². The van der Waals surface area contributed by atoms with Crippen LogP contribution >= 0.6 is 0 Å². The van der Waals surface area contributed by atoms with Crippen molar-refractivity contribution in [1.29, 1.82) is 0 Å². The predicted octanol–water partition coefficient (Wildman–Crippen LogP) is 5.83. The van der Waals surface area contributed by atoms with Crippen LogP contribution in [-0.2, 0) is 9.53 Å². The smallest absolute Gasteiger partial charge is 0.306 e. The molecule has 0 spiro atoms. The van der Waals surface area contributed by atoms with E-state index in [4.69, 9.17) is 4.74 Å². The number of esters is 1. The van der Waals surface area contributed by atoms with Crippen LogP contribution in [0.3, 0.4) is 0 Å². The van der Waals surface area contributed by atoms with E-state index in [1.807, 2.05) is 19.9 Å². The SMILES string of the molecule is CCCC(=O)OC/C=C(\C)C[C@@H](O)[C@@]1(C)[C@H](C)CC=C2[C@@H]1CCCC2(C)C. The van der Waals surface area contributed by atoms with Crippen molar-refractivity contribution in [2.24, 2.45) is 22.7 Å². The summed E-state index contributed by atoms with van der Waals surface area (Å²) in [5.41, 5.74) is 2.83. The topological polar surface area (TPSA) is 46.5 Å². The van der Waals surface area contributed by atoms with Gasteiger partial charge in [-0.25, -0.2) is 0 Å². The van der Waals surface area contributed by atoms with Gasteiger partial charge in [0.2, 0.25) is 0 Å². The molecule has 2 rings (SSSR count). The molecular weight excluding hydrogens is 336 g/mol. The molecule has 0 unspecified atom stereocenters. The Balaban J connectivity index is 2.08. The highest BCUT2D eigenvalue weighted by Crippen LogP contribution is 2.58. The molecule has 0 bridgehead atoms. The zero-order valence-electron chi connectivity index (χ0n) is 18.3. The first-order valence-electron chi connectivity index (χ1n) is 10.8. The summed E-state index contributed by atoms with van der Waals surface area (Å²) in [6.07, 6.45) is 10.7. The zero-order valence-corrected chi connectivity index (χ0v) is 18.3. The number of aliphatic hydroxyl groups is 1. The number of fused-ring (bicyclic) bond motifs is 1. The molecule has 1 fully saturated rings. The molecule has 3 heteroatoms. The molecule has 27 heavy (non-hydrogen) atoms. The molecule has 1 saturated carbocycles. The summed E-state index contributed by atoms with van der Waals surface area (Å²) in [7, 11) is 0. The summed E-state index contributed by atoms with van der Waals surface area (Å²) in [5.74, 6) is 0.787. The van der Waals surface area contributed by atoms with E-state index in [0.717, 1.165) is 18.4 Å². The lowest BCUT2D eigenvalue weighted by atomic mass is 9.51. The van der Waals surface area contributed by atoms with E-state index in [9.17, 15) is 9.90 Å². The summed E-state index contributed by atoms with van der Waals surface area (Å²) in [6, 6.07) is 0. The largest absolute Gasteiger partial charge is 0.461 e. The van der Waals surface area contributed by atoms with Crippen molar-refractivity contribution in [2.75, 3.05) is 6.61 Å². The Bertz CT molecular complexity index is 586. The Morgan fingerprint density at radius 2 is 2.11 bits per heavy atom. The molecule has 3 nitrogen and oxygen atoms in total. The average Bonchev–Trinajstić information content (AvgIpc) is 2.58. The van der Waals surface area contributed by atoms with Gasteiger partial charge in [-0.05, 0) is 62.4 Å². The van der Waals surface area contributed by atoms with E-state index in [0.29, 0.717) is 31.3 Å². The summed E-state index contributed by atoms with van der Waals surface area (Å²) in [6.45, 7) is 13.6. The number of rotatable bonds is 7. The molecule has 0 radical (unpaired) electrons. The van der Waals surface area contributed by atoms with Crippen LogP contribution in [0.2, 0.25) is 0 Å². The molecule has 0 heterocycles. The molecule has 1 N–H and O–H groups in total. The molecule has 2 aliphatic rings. The lowest BCUT2D eigenvalue weighted by Crippen LogP contribution is -2.50. The third-order valence-electron chi connectivity index (χ3n) is 7.32. The van der Waals surface area contributed by atoms with Crippen LogP contribution in [-0.4, -0.2) is 23.8 Å². The van der Waals surface area contributed by atoms with Gasteiger partial charge in [0, 0.05) is 11.8 Å². The van der Waals surface area contributed by atoms with Gasteiger partial charge < -0.3 is 9.84 Å². The molecule has 0 aromatic carbocycles. The molecule has 0 aliphatic heterocycles. The minimum absolute atomic E-state index is 0.101. The number of aliphatic hydroxyl groups excluding tert-OH is 1. The Hall–Kier alpha value is -1.09. The van der Waals surface area contributed by atoms with Crippen molar-refractivity contribution in [1.82, 2.24) is 0 Å². The number of allylic oxidation sites excluding steroid dienone is 2. The maximum absolute atomic E-state index is 11.5. The second-order valence-corrected chi connectivity index (χ2v) is 9.69. The van der Waals surface area contributed by atoms with Crippen LogP contribution in [0, 0.1) is 22.7 Å². The lowest BCUT2D eigenvalue weighted by molar-refractivity contribution is -0.142. The Labute approximate surface area is 166 Å². The number of carbonyl (C=O) groups excluding carboxylic acids is 1. The molecule has 4 atom stereocenters. The quantitative estimate of drug-likeness (QED) is 0.449. The summed E-state index contributed by atoms with van der Waals surface area (Å²) < 4.78 is 5.23. The maximum Gasteiger partial charge on any atom is 0.306 e. The van der Waals surface area contributed by atoms with Crippen molar-refractivity contribution in [3.63, 3.8) is 0 Å². The van der Waals surface area contributed by atoms with E-state index in [1.54, 1.807) is 5.57 Å². The molecule has 2 aliphatic carbocycles. The van der Waals surface area contributed by atoms with Gasteiger partial charge in [0.05, 0.1) is 6.10 Å². The van der Waals surface area contributed by atoms with Crippen molar-refractivity contribution in [2.45, 2.75) is 92.6 Å². The van der Waals surface area contributed by atoms with Crippen molar-refractivity contribution in [3.05, 3.63) is 23.3 Å². The highest BCUT2D eigenvalue weighted by molar-refractivity contribution is 5.69. The van der Waals surface area contributed by atoms with Crippen LogP contribution in [0.1, 0.15) is 86.5 Å². The van der Waals surface area contributed by atoms with Gasteiger partial charge in [-0.3, -0.25) is 4.79 Å². The lowest BCUT2D eigenvalue weighted by Gasteiger charge is -2.55. The Morgan fingerprint density at radius 1 is 1.41 bits per heavy atom. The van der Waals surface area contributed by atoms with Gasteiger partial charge in [0.25, 0.3) is 0 Å². The normalized spacial score (nSPS) is 31.7. The van der Waals surface area contributed by atoms with Crippen LogP contribution in [0.25, 0.3) is 0 Å². The number of hydrogen-bond acceptors (Lipinski definition) is 3. The molecular formula is C24H40O3. The van der Waals surface area contributed by atoms with Crippen molar-refractivity contribution < 1.29 is 14.6 Å². The summed E-state index contributed by atoms with van der Waals surface area (Å²) in [5, 5.41) is 11.3. The second-order valence-electron chi connectivity index (χ2n) is 9.69. The summed E-state index contributed by atoms with van der Waals surface area (Å²) >= 11 is 0. The number of ether oxygens (including phenoxy) is 1. The molecule has 154 valence electrons. The van der Waals surface area contributed by atoms with Crippen molar-refractivity contribution in [3.8, 4) is 0 Å². The molecule has 0 saturated heterocycles. The monoisotopic (exact) mass is 376 g/mol. The van der Waals surface area contributed by atoms with E-state index in [-0.39, 0.29) is 22.9 Å². The van der Waals surface area contributed by atoms with Gasteiger partial charge in [0.1, 0.15) is 6.61 Å². The Kier molecular flexibility index (Phi) is 7.35. The van der Waals surface area contributed by atoms with Crippen molar-refractivity contribution >= 4 is 5.97 Å². The standard InChI is InChI=1S/C24H40O3/c1-7-9-22(26)27-15-13-17(2)16-21(25)24(6)18(3)11-12-19-20(24)10-8-14-23(19,4)5/h12-13,18,20-21,25H,7-11,14-16H2,1-6H3/b17-13+/t18-,20+,21-,24+/m1/s1. The third-order valence-corrected chi connectivity index (χ3v) is 7.32. The number of hydrogen-bond donors (Lipinski definition) is 1. The van der Waals surface area contributed by atoms with Crippen LogP contribution in [0.4, 0.5) is 0 Å². The van der Waals surface area contributed by atoms with Gasteiger partial charge in [-0.15, -0.1) is 0 Å². The fourth-order valence-corrected chi connectivity index (χ4v) is 5.21. The van der Waals surface area contributed by atoms with Crippen LogP contribution in [0.5, 0.6) is 0 Å². The van der Waals surface area contributed by atoms with E-state index in [2.05, 4.69) is 33.8 Å². The first kappa shape index (κ1) is 22.2. The van der Waals surface area contributed by atoms with Crippen LogP contribution < -0.4 is 0 Å². The molecule has 0 aromatic heterocycles. The van der Waals surface area contributed by atoms with Gasteiger partial charge in [0.15, 0.2) is 0 Å². The molecule has 0 aromatic rings. The molecule has 0 amide bonds. The Morgan fingerprint density at radius 3 is 2.78 bits per heavy atom. The fourth-order valence-electron chi connectivity index (χ4n) is 5.21. The minimum atomic E-state index is -0.377.